The molecule has 0 bridgehead atoms. The van der Waals surface area contributed by atoms with Crippen LogP contribution in [0, 0.1) is 5.41 Å². The summed E-state index contributed by atoms with van der Waals surface area (Å²) in [6, 6.07) is 0. The number of imidazole rings is 1. The SMILES string of the molecule is CC(O)(CC(=O)O)CC(=O)SCCNC(=O)CCNC(=O)[C@H](O)C(C)(C)COP(=O)(O)OP(=O)(O)OC[C@H]1O[C@@H](n2cnc3c(N)ncnc32)[C@H](O)[C@@H]1OP(=O)(O)O.[Na]. The molecule has 59 heavy (non-hydrogen) atoms. The summed E-state index contributed by atoms with van der Waals surface area (Å²) in [6.07, 6.45) is -8.22. The number of aromatic nitrogens is 4. The molecule has 0 spiro atoms. The first kappa shape index (κ1) is 53.1. The number of nitrogens with two attached hydrogens (primary N) is 1. The molecule has 8 atom stereocenters. The van der Waals surface area contributed by atoms with Gasteiger partial charge >= 0.3 is 29.4 Å². The fraction of sp³-hybridized carbons (Fsp3) is 0.667. The van der Waals surface area contributed by atoms with E-state index in [4.69, 9.17) is 24.6 Å². The number of aliphatic hydroxyl groups is 3. The Morgan fingerprint density at radius 2 is 1.66 bits per heavy atom. The molecule has 329 valence electrons. The molecule has 0 aliphatic carbocycles. The number of aliphatic carboxylic acids is 1. The zero-order chi connectivity index (χ0) is 43.9. The van der Waals surface area contributed by atoms with Crippen LogP contribution in [-0.4, -0.2) is 174 Å². The van der Waals surface area contributed by atoms with Crippen molar-refractivity contribution in [1.29, 1.82) is 0 Å². The maximum atomic E-state index is 12.7. The van der Waals surface area contributed by atoms with E-state index in [1.54, 1.807) is 0 Å². The van der Waals surface area contributed by atoms with Gasteiger partial charge in [0.25, 0.3) is 0 Å². The van der Waals surface area contributed by atoms with Crippen molar-refractivity contribution < 1.29 is 95.5 Å². The molecular formula is C27H44N7NaO20P3S. The maximum Gasteiger partial charge on any atom is 0.481 e. The van der Waals surface area contributed by atoms with Gasteiger partial charge in [-0.25, -0.2) is 28.6 Å². The minimum absolute atomic E-state index is 0. The number of aliphatic hydroxyl groups excluding tert-OH is 2. The molecule has 2 aromatic rings. The number of phosphoric acid groups is 3. The van der Waals surface area contributed by atoms with E-state index in [9.17, 15) is 67.8 Å². The second kappa shape index (κ2) is 21.9. The fourth-order valence-corrected chi connectivity index (χ4v) is 8.72. The van der Waals surface area contributed by atoms with Crippen molar-refractivity contribution in [2.75, 3.05) is 37.8 Å². The van der Waals surface area contributed by atoms with Gasteiger partial charge in [-0.2, -0.15) is 4.31 Å². The van der Waals surface area contributed by atoms with E-state index in [-0.39, 0.29) is 71.8 Å². The Balaban J connectivity index is 0.0000120. The molecule has 1 aliphatic rings. The predicted molar refractivity (Wildman–Crippen MR) is 200 cm³/mol. The number of carbonyl (C=O) groups excluding carboxylic acids is 3. The van der Waals surface area contributed by atoms with Crippen LogP contribution in [0.2, 0.25) is 0 Å². The summed E-state index contributed by atoms with van der Waals surface area (Å²) in [5, 5.41) is 44.4. The van der Waals surface area contributed by atoms with E-state index in [1.165, 1.54) is 20.8 Å². The number of anilines is 1. The fourth-order valence-electron chi connectivity index (χ4n) is 5.05. The molecule has 0 saturated carbocycles. The van der Waals surface area contributed by atoms with Crippen molar-refractivity contribution in [1.82, 2.24) is 30.2 Å². The quantitative estimate of drug-likeness (QED) is 0.0323. The molecule has 1 radical (unpaired) electrons. The van der Waals surface area contributed by atoms with Gasteiger partial charge in [0, 0.05) is 66.7 Å². The van der Waals surface area contributed by atoms with Crippen LogP contribution in [0.1, 0.15) is 46.3 Å². The van der Waals surface area contributed by atoms with Crippen molar-refractivity contribution in [2.24, 2.45) is 5.41 Å². The first-order chi connectivity index (χ1) is 26.6. The number of carboxylic acid groups (broad SMARTS) is 1. The van der Waals surface area contributed by atoms with Gasteiger partial charge in [0.2, 0.25) is 11.8 Å². The molecule has 0 aromatic carbocycles. The summed E-state index contributed by atoms with van der Waals surface area (Å²) in [6.45, 7) is 1.29. The van der Waals surface area contributed by atoms with Crippen molar-refractivity contribution in [2.45, 2.75) is 76.3 Å². The van der Waals surface area contributed by atoms with Crippen LogP contribution in [0.15, 0.2) is 12.7 Å². The molecule has 1 saturated heterocycles. The monoisotopic (exact) mass is 934 g/mol. The van der Waals surface area contributed by atoms with E-state index in [0.29, 0.717) is 0 Å². The Hall–Kier alpha value is -2.01. The number of hydrogen-bond donors (Lipinski definition) is 11. The Bertz CT molecular complexity index is 1960. The smallest absolute Gasteiger partial charge is 0.481 e. The van der Waals surface area contributed by atoms with Gasteiger partial charge in [-0.1, -0.05) is 25.6 Å². The topological polar surface area (TPSA) is 421 Å². The Kier molecular flexibility index (Phi) is 19.7. The van der Waals surface area contributed by atoms with Crippen molar-refractivity contribution in [3.05, 3.63) is 12.7 Å². The molecule has 3 heterocycles. The van der Waals surface area contributed by atoms with Crippen LogP contribution < -0.4 is 16.4 Å². The first-order valence-electron chi connectivity index (χ1n) is 16.6. The number of carboxylic acids is 1. The number of nitrogens with zero attached hydrogens (tertiary/aromatic N) is 4. The zero-order valence-electron chi connectivity index (χ0n) is 31.8. The number of nitrogens with one attached hydrogen (secondary N) is 2. The number of thioether (sulfide) groups is 1. The normalized spacial score (nSPS) is 22.0. The molecule has 32 heteroatoms. The molecular weight excluding hydrogens is 890 g/mol. The Labute approximate surface area is 360 Å². The number of rotatable bonds is 23. The van der Waals surface area contributed by atoms with Crippen LogP contribution in [0.3, 0.4) is 0 Å². The Morgan fingerprint density at radius 1 is 1.02 bits per heavy atom. The van der Waals surface area contributed by atoms with Crippen LogP contribution >= 0.6 is 35.2 Å². The summed E-state index contributed by atoms with van der Waals surface area (Å²) < 4.78 is 62.0. The van der Waals surface area contributed by atoms with Gasteiger partial charge in [-0.15, -0.1) is 0 Å². The van der Waals surface area contributed by atoms with E-state index in [0.717, 1.165) is 29.0 Å². The minimum atomic E-state index is -5.60. The van der Waals surface area contributed by atoms with Crippen molar-refractivity contribution >= 4 is 105 Å². The predicted octanol–water partition coefficient (Wildman–Crippen LogP) is -2.10. The van der Waals surface area contributed by atoms with Gasteiger partial charge < -0.3 is 61.1 Å². The second-order valence-electron chi connectivity index (χ2n) is 13.5. The van der Waals surface area contributed by atoms with Crippen molar-refractivity contribution in [3.63, 3.8) is 0 Å². The molecule has 2 amide bonds. The summed E-state index contributed by atoms with van der Waals surface area (Å²) in [5.74, 6) is -2.81. The summed E-state index contributed by atoms with van der Waals surface area (Å²) in [5.41, 5.74) is 2.44. The number of ether oxygens (including phenoxy) is 1. The van der Waals surface area contributed by atoms with Crippen molar-refractivity contribution in [3.8, 4) is 0 Å². The first-order valence-corrected chi connectivity index (χ1v) is 22.1. The largest absolute Gasteiger partial charge is 0.481 e. The van der Waals surface area contributed by atoms with E-state index in [1.807, 2.05) is 0 Å². The standard InChI is InChI=1S/C27H44N7O20P3S.Na/c1-26(2,21(40)24(41)30-5-4-15(35)29-6-7-58-17(38)9-27(3,42)8-16(36)37)11-51-57(48,49)54-56(46,47)50-10-14-20(53-55(43,44)45)19(39)25(52-14)34-13-33-18-22(28)31-12-32-23(18)34;/h12-14,19-21,25,39-40,42H,4-11H2,1-3H3,(H,29,35)(H,30,41)(H,36,37)(H,46,47)(H,48,49)(H2,28,31,32)(H2,43,44,45);/t14-,19-,20-,21+,25-,27?;/m1./s1. The second-order valence-corrected chi connectivity index (χ2v) is 18.9. The number of nitrogen functional groups attached to an aromatic ring is 1. The van der Waals surface area contributed by atoms with E-state index >= 15 is 0 Å². The number of phosphoric ester groups is 3. The van der Waals surface area contributed by atoms with Gasteiger partial charge in [0.1, 0.15) is 36.3 Å². The molecule has 1 fully saturated rings. The molecule has 27 nitrogen and oxygen atoms in total. The third-order valence-corrected chi connectivity index (χ3v) is 11.8. The van der Waals surface area contributed by atoms with Gasteiger partial charge in [-0.3, -0.25) is 37.3 Å². The number of fused-ring (bicyclic) bond motifs is 1. The van der Waals surface area contributed by atoms with Gasteiger partial charge in [0.05, 0.1) is 31.6 Å². The molecule has 12 N–H and O–H groups in total. The summed E-state index contributed by atoms with van der Waals surface area (Å²) in [4.78, 5) is 98.2. The van der Waals surface area contributed by atoms with E-state index in [2.05, 4.69) is 34.4 Å². The molecule has 3 unspecified atom stereocenters. The zero-order valence-corrected chi connectivity index (χ0v) is 37.3. The van der Waals surface area contributed by atoms with Crippen LogP contribution in [-0.2, 0) is 55.5 Å². The van der Waals surface area contributed by atoms with Crippen LogP contribution in [0.25, 0.3) is 11.2 Å². The molecule has 1 aliphatic heterocycles. The van der Waals surface area contributed by atoms with Crippen LogP contribution in [0.5, 0.6) is 0 Å². The number of amides is 2. The average Bonchev–Trinajstić information content (AvgIpc) is 3.63. The minimum Gasteiger partial charge on any atom is -0.481 e. The molecule has 3 rings (SSSR count). The Morgan fingerprint density at radius 3 is 2.29 bits per heavy atom. The number of carbonyl (C=O) groups is 4. The summed E-state index contributed by atoms with van der Waals surface area (Å²) in [7, 11) is -16.5. The van der Waals surface area contributed by atoms with Gasteiger partial charge in [0.15, 0.2) is 22.8 Å². The van der Waals surface area contributed by atoms with Gasteiger partial charge in [-0.05, 0) is 6.92 Å². The molecule has 2 aromatic heterocycles. The average molecular weight is 935 g/mol. The van der Waals surface area contributed by atoms with Crippen LogP contribution in [0.4, 0.5) is 5.82 Å². The number of hydrogen-bond acceptors (Lipinski definition) is 20. The summed E-state index contributed by atoms with van der Waals surface area (Å²) >= 11 is 0.771. The van der Waals surface area contributed by atoms with E-state index < -0.39 is 114 Å². The third-order valence-electron chi connectivity index (χ3n) is 7.82. The third kappa shape index (κ3) is 17.0. The maximum absolute atomic E-state index is 12.7.